The Bertz CT molecular complexity index is 931. The Hall–Kier alpha value is -3.09. The van der Waals surface area contributed by atoms with Crippen LogP contribution >= 0.6 is 0 Å². The van der Waals surface area contributed by atoms with Crippen LogP contribution in [0.3, 0.4) is 0 Å². The highest BCUT2D eigenvalue weighted by molar-refractivity contribution is 6.00. The first-order valence-electron chi connectivity index (χ1n) is 8.48. The van der Waals surface area contributed by atoms with Gasteiger partial charge >= 0.3 is 6.18 Å². The maximum atomic E-state index is 13.2. The number of carbonyl (C=O) groups excluding carboxylic acids is 1. The molecule has 1 fully saturated rings. The maximum Gasteiger partial charge on any atom is 0.433 e. The minimum Gasteiger partial charge on any atom is -0.310 e. The quantitative estimate of drug-likeness (QED) is 0.813. The summed E-state index contributed by atoms with van der Waals surface area (Å²) in [6.07, 6.45) is 1.70. The molecule has 1 unspecified atom stereocenters. The number of aromatic amines is 1. The molecule has 0 radical (unpaired) electrons. The predicted octanol–water partition coefficient (Wildman–Crippen LogP) is 2.33. The van der Waals surface area contributed by atoms with Gasteiger partial charge in [0.25, 0.3) is 0 Å². The fourth-order valence-corrected chi connectivity index (χ4v) is 3.79. The number of amides is 1. The number of rotatable bonds is 2. The lowest BCUT2D eigenvalue weighted by atomic mass is 10.0. The number of aromatic nitrogens is 3. The van der Waals surface area contributed by atoms with Crippen molar-refractivity contribution in [1.82, 2.24) is 20.1 Å². The molecular weight excluding hydrogens is 361 g/mol. The zero-order valence-corrected chi connectivity index (χ0v) is 14.1. The molecule has 2 aromatic heterocycles. The van der Waals surface area contributed by atoms with Gasteiger partial charge in [-0.2, -0.15) is 23.5 Å². The molecule has 0 aromatic carbocycles. The van der Waals surface area contributed by atoms with Crippen LogP contribution in [0.25, 0.3) is 11.3 Å². The van der Waals surface area contributed by atoms with Gasteiger partial charge < -0.3 is 4.90 Å². The molecular formula is C17H15F3N6O. The van der Waals surface area contributed by atoms with E-state index in [0.29, 0.717) is 37.2 Å². The van der Waals surface area contributed by atoms with Gasteiger partial charge in [-0.05, 0) is 25.3 Å². The molecule has 140 valence electrons. The molecule has 27 heavy (non-hydrogen) atoms. The normalized spacial score (nSPS) is 19.3. The van der Waals surface area contributed by atoms with Crippen LogP contribution in [0.2, 0.25) is 0 Å². The smallest absolute Gasteiger partial charge is 0.310 e. The molecule has 10 heteroatoms. The Morgan fingerprint density at radius 1 is 1.37 bits per heavy atom. The van der Waals surface area contributed by atoms with Gasteiger partial charge in [-0.3, -0.25) is 19.8 Å². The van der Waals surface area contributed by atoms with Crippen LogP contribution in [0.5, 0.6) is 0 Å². The highest BCUT2D eigenvalue weighted by Crippen LogP contribution is 2.40. The molecule has 2 aromatic rings. The molecule has 0 bridgehead atoms. The molecule has 1 saturated heterocycles. The van der Waals surface area contributed by atoms with Crippen molar-refractivity contribution in [2.45, 2.75) is 31.5 Å². The SMILES string of the molecule is N#CN1CCCC1C(=O)N1CCc2c1ccnc2-c1cn[nH]c1C(F)(F)F. The van der Waals surface area contributed by atoms with Crippen LogP contribution in [0, 0.1) is 11.5 Å². The van der Waals surface area contributed by atoms with Crippen molar-refractivity contribution in [3.8, 4) is 17.5 Å². The molecule has 1 atom stereocenters. The Morgan fingerprint density at radius 3 is 2.93 bits per heavy atom. The van der Waals surface area contributed by atoms with Crippen LogP contribution in [-0.2, 0) is 17.4 Å². The van der Waals surface area contributed by atoms with Crippen LogP contribution in [0.4, 0.5) is 18.9 Å². The molecule has 0 aliphatic carbocycles. The highest BCUT2D eigenvalue weighted by Gasteiger charge is 2.40. The second-order valence-electron chi connectivity index (χ2n) is 6.50. The van der Waals surface area contributed by atoms with E-state index in [1.807, 2.05) is 11.3 Å². The second-order valence-corrected chi connectivity index (χ2v) is 6.50. The van der Waals surface area contributed by atoms with Gasteiger partial charge in [-0.1, -0.05) is 0 Å². The topological polar surface area (TPSA) is 88.9 Å². The molecule has 4 heterocycles. The molecule has 2 aliphatic heterocycles. The minimum atomic E-state index is -4.58. The minimum absolute atomic E-state index is 0.131. The number of hydrogen-bond donors (Lipinski definition) is 1. The first kappa shape index (κ1) is 17.3. The van der Waals surface area contributed by atoms with E-state index in [1.54, 1.807) is 11.0 Å². The predicted molar refractivity (Wildman–Crippen MR) is 88.2 cm³/mol. The number of H-pyrrole nitrogens is 1. The number of hydrogen-bond acceptors (Lipinski definition) is 5. The van der Waals surface area contributed by atoms with Gasteiger partial charge in [-0.25, -0.2) is 0 Å². The third kappa shape index (κ3) is 2.79. The van der Waals surface area contributed by atoms with E-state index in [-0.39, 0.29) is 17.2 Å². The first-order chi connectivity index (χ1) is 12.9. The molecule has 1 N–H and O–H groups in total. The third-order valence-corrected chi connectivity index (χ3v) is 5.02. The number of pyridine rings is 1. The van der Waals surface area contributed by atoms with Crippen LogP contribution < -0.4 is 4.90 Å². The molecule has 0 saturated carbocycles. The summed E-state index contributed by atoms with van der Waals surface area (Å²) >= 11 is 0. The Balaban J connectivity index is 1.71. The van der Waals surface area contributed by atoms with Crippen molar-refractivity contribution in [3.05, 3.63) is 29.7 Å². The maximum absolute atomic E-state index is 13.2. The number of likely N-dealkylation sites (tertiary alicyclic amines) is 1. The summed E-state index contributed by atoms with van der Waals surface area (Å²) in [5.41, 5.74) is 0.212. The average Bonchev–Trinajstić information content (AvgIpc) is 3.37. The Labute approximate surface area is 152 Å². The number of nitrogens with one attached hydrogen (secondary N) is 1. The number of nitrogens with zero attached hydrogens (tertiary/aromatic N) is 5. The van der Waals surface area contributed by atoms with Crippen LogP contribution in [-0.4, -0.2) is 45.1 Å². The van der Waals surface area contributed by atoms with E-state index >= 15 is 0 Å². The number of alkyl halides is 3. The average molecular weight is 376 g/mol. The van der Waals surface area contributed by atoms with E-state index in [4.69, 9.17) is 0 Å². The standard InChI is InChI=1S/C17H15F3N6O/c18-17(19,20)15-11(8-23-24-15)14-10-4-7-26(12(10)3-5-22-14)16(27)13-2-1-6-25(13)9-21/h3,5,8,13H,1-2,4,6-7H2,(H,23,24). The van der Waals surface area contributed by atoms with E-state index in [9.17, 15) is 23.2 Å². The first-order valence-corrected chi connectivity index (χ1v) is 8.48. The van der Waals surface area contributed by atoms with Gasteiger partial charge in [0.1, 0.15) is 11.7 Å². The zero-order valence-electron chi connectivity index (χ0n) is 14.1. The molecule has 0 spiro atoms. The summed E-state index contributed by atoms with van der Waals surface area (Å²) in [5, 5.41) is 14.7. The fourth-order valence-electron chi connectivity index (χ4n) is 3.79. The van der Waals surface area contributed by atoms with E-state index < -0.39 is 17.9 Å². The van der Waals surface area contributed by atoms with Gasteiger partial charge in [-0.15, -0.1) is 0 Å². The largest absolute Gasteiger partial charge is 0.433 e. The summed E-state index contributed by atoms with van der Waals surface area (Å²) in [6, 6.07) is 1.11. The molecule has 1 amide bonds. The summed E-state index contributed by atoms with van der Waals surface area (Å²) < 4.78 is 39.6. The summed E-state index contributed by atoms with van der Waals surface area (Å²) in [6.45, 7) is 0.890. The Morgan fingerprint density at radius 2 is 2.19 bits per heavy atom. The number of halogens is 3. The van der Waals surface area contributed by atoms with Crippen molar-refractivity contribution in [2.24, 2.45) is 0 Å². The third-order valence-electron chi connectivity index (χ3n) is 5.02. The fraction of sp³-hybridized carbons (Fsp3) is 0.412. The van der Waals surface area contributed by atoms with Crippen molar-refractivity contribution in [1.29, 1.82) is 5.26 Å². The Kier molecular flexibility index (Phi) is 4.02. The van der Waals surface area contributed by atoms with Crippen molar-refractivity contribution in [2.75, 3.05) is 18.0 Å². The van der Waals surface area contributed by atoms with Gasteiger partial charge in [0.2, 0.25) is 5.91 Å². The second kappa shape index (κ2) is 6.26. The van der Waals surface area contributed by atoms with E-state index in [0.717, 1.165) is 12.6 Å². The number of carbonyl (C=O) groups is 1. The number of anilines is 1. The lowest BCUT2D eigenvalue weighted by molar-refractivity contribution is -0.140. The van der Waals surface area contributed by atoms with Gasteiger partial charge in [0.05, 0.1) is 23.1 Å². The highest BCUT2D eigenvalue weighted by atomic mass is 19.4. The summed E-state index contributed by atoms with van der Waals surface area (Å²) in [5.74, 6) is -0.201. The zero-order chi connectivity index (χ0) is 19.2. The van der Waals surface area contributed by atoms with Crippen molar-refractivity contribution < 1.29 is 18.0 Å². The molecule has 4 rings (SSSR count). The van der Waals surface area contributed by atoms with Crippen molar-refractivity contribution >= 4 is 11.6 Å². The van der Waals surface area contributed by atoms with E-state index in [1.165, 1.54) is 11.1 Å². The molecule has 7 nitrogen and oxygen atoms in total. The van der Waals surface area contributed by atoms with Gasteiger partial charge in [0, 0.05) is 24.8 Å². The van der Waals surface area contributed by atoms with Crippen LogP contribution in [0.1, 0.15) is 24.1 Å². The monoisotopic (exact) mass is 376 g/mol. The van der Waals surface area contributed by atoms with Crippen molar-refractivity contribution in [3.63, 3.8) is 0 Å². The number of fused-ring (bicyclic) bond motifs is 1. The summed E-state index contributed by atoms with van der Waals surface area (Å²) in [7, 11) is 0. The van der Waals surface area contributed by atoms with Gasteiger partial charge in [0.15, 0.2) is 6.19 Å². The molecule has 2 aliphatic rings. The number of nitriles is 1. The lowest BCUT2D eigenvalue weighted by Crippen LogP contribution is -2.43. The van der Waals surface area contributed by atoms with Crippen LogP contribution in [0.15, 0.2) is 18.5 Å². The lowest BCUT2D eigenvalue weighted by Gasteiger charge is -2.24. The summed E-state index contributed by atoms with van der Waals surface area (Å²) in [4.78, 5) is 20.1. The van der Waals surface area contributed by atoms with E-state index in [2.05, 4.69) is 10.1 Å².